The molecule has 336 valence electrons. The van der Waals surface area contributed by atoms with E-state index in [1.165, 1.54) is 9.59 Å². The van der Waals surface area contributed by atoms with Gasteiger partial charge in [-0.2, -0.15) is 0 Å². The van der Waals surface area contributed by atoms with E-state index in [4.69, 9.17) is 42.1 Å². The molecule has 0 radical (unpaired) electrons. The fraction of sp³-hybridized carbons (Fsp3) is 0.191. The highest BCUT2D eigenvalue weighted by atomic mass is 79.9. The summed E-state index contributed by atoms with van der Waals surface area (Å²) < 4.78 is 21.2. The number of phenols is 1. The van der Waals surface area contributed by atoms with Crippen LogP contribution in [0.1, 0.15) is 51.3 Å². The summed E-state index contributed by atoms with van der Waals surface area (Å²) in [6.45, 7) is 2.16. The van der Waals surface area contributed by atoms with Crippen molar-refractivity contribution in [3.8, 4) is 34.4 Å². The van der Waals surface area contributed by atoms with Crippen molar-refractivity contribution in [1.29, 1.82) is 0 Å². The third-order valence-corrected chi connectivity index (χ3v) is 10.1. The van der Waals surface area contributed by atoms with Crippen LogP contribution in [-0.2, 0) is 14.3 Å². The maximum Gasteiger partial charge on any atom is 0.349 e. The van der Waals surface area contributed by atoms with Crippen LogP contribution in [0, 0.1) is 0 Å². The molecule has 8 aromatic rings. The van der Waals surface area contributed by atoms with Crippen molar-refractivity contribution in [2.75, 3.05) is 20.8 Å². The molecule has 0 saturated heterocycles. The average molecular weight is 977 g/mol. The number of hydrogen-bond acceptors (Lipinski definition) is 11. The standard InChI is InChI=1S/C21H16ClN3O4.C13H11N3O2.C10H10BrClO2.3CH4/c1-28-15-10-11-19(29-20(21(26)27)13-6-8-14(22)9-7-13)18(12-15)25-23-16-4-2-3-5-17(16)24-25;1-18-9-6-7-13(17)12(8-9)16-14-10-4-2-3-5-11(10)15-16;1-2-14-10(13)9(11)7-3-5-8(12)6-4-7;;;/h2-12,20H,1H3,(H,26,27);2-8,17H,1H3;3-6,9H,2H2,1H3;3*1H4. The van der Waals surface area contributed by atoms with Crippen LogP contribution in [0.4, 0.5) is 0 Å². The second-order valence-corrected chi connectivity index (χ2v) is 14.5. The summed E-state index contributed by atoms with van der Waals surface area (Å²) in [7, 11) is 3.11. The second-order valence-electron chi connectivity index (χ2n) is 12.7. The maximum atomic E-state index is 11.9. The number of halogens is 3. The average Bonchev–Trinajstić information content (AvgIpc) is 3.92. The topological polar surface area (TPSA) is 173 Å². The summed E-state index contributed by atoms with van der Waals surface area (Å²) in [4.78, 5) is 25.6. The van der Waals surface area contributed by atoms with Crippen LogP contribution in [-0.4, -0.2) is 73.0 Å². The number of carbonyl (C=O) groups is 2. The Morgan fingerprint density at radius 1 is 0.641 bits per heavy atom. The number of aromatic nitrogens is 6. The molecule has 2 heterocycles. The minimum atomic E-state index is -1.23. The number of phenolic OH excluding ortho intramolecular Hbond substituents is 1. The van der Waals surface area contributed by atoms with E-state index in [-0.39, 0.29) is 34.0 Å². The van der Waals surface area contributed by atoms with E-state index in [2.05, 4.69) is 36.3 Å². The molecular formula is C47H49BrCl2N6O8. The van der Waals surface area contributed by atoms with Gasteiger partial charge in [0.15, 0.2) is 0 Å². The third-order valence-electron chi connectivity index (χ3n) is 8.65. The molecule has 0 aliphatic rings. The van der Waals surface area contributed by atoms with Crippen molar-refractivity contribution in [2.45, 2.75) is 40.1 Å². The van der Waals surface area contributed by atoms with E-state index >= 15 is 0 Å². The molecule has 0 spiro atoms. The number of fused-ring (bicyclic) bond motifs is 2. The first-order chi connectivity index (χ1) is 29.5. The highest BCUT2D eigenvalue weighted by Crippen LogP contribution is 2.32. The van der Waals surface area contributed by atoms with Gasteiger partial charge in [-0.25, -0.2) is 4.79 Å². The lowest BCUT2D eigenvalue weighted by molar-refractivity contribution is -0.145. The Bertz CT molecular complexity index is 2680. The quantitative estimate of drug-likeness (QED) is 0.0929. The van der Waals surface area contributed by atoms with E-state index in [9.17, 15) is 19.8 Å². The van der Waals surface area contributed by atoms with Crippen molar-refractivity contribution in [2.24, 2.45) is 0 Å². The van der Waals surface area contributed by atoms with Crippen LogP contribution in [0.15, 0.2) is 133 Å². The smallest absolute Gasteiger partial charge is 0.349 e. The lowest BCUT2D eigenvalue weighted by Crippen LogP contribution is -2.19. The molecule has 0 saturated carbocycles. The first-order valence-corrected chi connectivity index (χ1v) is 20.1. The number of rotatable bonds is 11. The van der Waals surface area contributed by atoms with Gasteiger partial charge in [0.25, 0.3) is 0 Å². The van der Waals surface area contributed by atoms with E-state index in [1.54, 1.807) is 106 Å². The molecule has 2 aromatic heterocycles. The van der Waals surface area contributed by atoms with Crippen LogP contribution in [0.25, 0.3) is 33.4 Å². The fourth-order valence-electron chi connectivity index (χ4n) is 5.61. The molecule has 2 atom stereocenters. The first kappa shape index (κ1) is 51.7. The minimum Gasteiger partial charge on any atom is -0.506 e. The van der Waals surface area contributed by atoms with Gasteiger partial charge in [-0.15, -0.1) is 30.0 Å². The zero-order chi connectivity index (χ0) is 43.5. The molecule has 6 aromatic carbocycles. The van der Waals surface area contributed by atoms with Crippen molar-refractivity contribution in [1.82, 2.24) is 30.0 Å². The molecule has 0 aliphatic heterocycles. The van der Waals surface area contributed by atoms with Crippen molar-refractivity contribution in [3.63, 3.8) is 0 Å². The molecule has 2 N–H and O–H groups in total. The van der Waals surface area contributed by atoms with Crippen molar-refractivity contribution in [3.05, 3.63) is 155 Å². The molecule has 0 fully saturated rings. The van der Waals surface area contributed by atoms with Crippen LogP contribution >= 0.6 is 39.1 Å². The molecule has 64 heavy (non-hydrogen) atoms. The molecule has 17 heteroatoms. The molecule has 2 unspecified atom stereocenters. The SMILES string of the molecule is C.C.C.CCOC(=O)C(Br)c1ccc(Cl)cc1.COc1ccc(O)c(-n2nc3ccccc3n2)c1.COc1ccc(OC(C(=O)O)c2ccc(Cl)cc2)c(-n2nc3ccccc3n2)c1. The van der Waals surface area contributed by atoms with Gasteiger partial charge in [0, 0.05) is 27.7 Å². The van der Waals surface area contributed by atoms with E-state index in [0.717, 1.165) is 16.6 Å². The fourth-order valence-corrected chi connectivity index (χ4v) is 6.30. The number of hydrogen-bond donors (Lipinski definition) is 2. The van der Waals surface area contributed by atoms with Gasteiger partial charge in [0.2, 0.25) is 6.10 Å². The second kappa shape index (κ2) is 24.2. The Hall–Kier alpha value is -6.68. The zero-order valence-electron chi connectivity index (χ0n) is 32.7. The number of methoxy groups -OCH3 is 2. The molecule has 0 bridgehead atoms. The van der Waals surface area contributed by atoms with Crippen LogP contribution in [0.5, 0.6) is 23.0 Å². The van der Waals surface area contributed by atoms with E-state index in [0.29, 0.717) is 61.9 Å². The Kier molecular flexibility index (Phi) is 19.6. The summed E-state index contributed by atoms with van der Waals surface area (Å²) in [6, 6.07) is 38.4. The predicted octanol–water partition coefficient (Wildman–Crippen LogP) is 11.7. The summed E-state index contributed by atoms with van der Waals surface area (Å²) in [5.41, 5.74) is 5.21. The van der Waals surface area contributed by atoms with Crippen LogP contribution in [0.3, 0.4) is 0 Å². The van der Waals surface area contributed by atoms with Crippen molar-refractivity contribution < 1.29 is 38.7 Å². The number of nitrogens with zero attached hydrogens (tertiary/aromatic N) is 6. The van der Waals surface area contributed by atoms with E-state index in [1.807, 2.05) is 48.5 Å². The Labute approximate surface area is 390 Å². The zero-order valence-corrected chi connectivity index (χ0v) is 35.8. The third kappa shape index (κ3) is 12.9. The van der Waals surface area contributed by atoms with Gasteiger partial charge < -0.3 is 29.2 Å². The number of carboxylic acids is 1. The first-order valence-electron chi connectivity index (χ1n) is 18.4. The number of benzene rings is 6. The molecule has 0 amide bonds. The summed E-state index contributed by atoms with van der Waals surface area (Å²) in [5.74, 6) is 0.197. The number of esters is 1. The van der Waals surface area contributed by atoms with Gasteiger partial charge in [-0.05, 0) is 85.3 Å². The Morgan fingerprint density at radius 2 is 1.06 bits per heavy atom. The predicted molar refractivity (Wildman–Crippen MR) is 255 cm³/mol. The lowest BCUT2D eigenvalue weighted by atomic mass is 10.1. The normalized spacial score (nSPS) is 11.1. The highest BCUT2D eigenvalue weighted by Gasteiger charge is 2.25. The van der Waals surface area contributed by atoms with Gasteiger partial charge >= 0.3 is 11.9 Å². The molecule has 8 rings (SSSR count). The van der Waals surface area contributed by atoms with Gasteiger partial charge in [0.1, 0.15) is 61.3 Å². The van der Waals surface area contributed by atoms with Crippen molar-refractivity contribution >= 4 is 73.1 Å². The Balaban J connectivity index is 0.000000269. The number of ether oxygens (including phenoxy) is 4. The van der Waals surface area contributed by atoms with Crippen LogP contribution in [0.2, 0.25) is 10.0 Å². The number of aliphatic carboxylic acids is 1. The van der Waals surface area contributed by atoms with Gasteiger partial charge in [0.05, 0.1) is 20.8 Å². The molecule has 14 nitrogen and oxygen atoms in total. The van der Waals surface area contributed by atoms with Gasteiger partial charge in [-0.3, -0.25) is 4.79 Å². The number of alkyl halides is 1. The minimum absolute atomic E-state index is 0. The Morgan fingerprint density at radius 3 is 1.50 bits per heavy atom. The molecular weight excluding hydrogens is 927 g/mol. The number of carbonyl (C=O) groups excluding carboxylic acids is 1. The summed E-state index contributed by atoms with van der Waals surface area (Å²) in [5, 5.41) is 38.3. The summed E-state index contributed by atoms with van der Waals surface area (Å²) in [6.07, 6.45) is -1.23. The largest absolute Gasteiger partial charge is 0.506 e. The van der Waals surface area contributed by atoms with Gasteiger partial charge in [-0.1, -0.05) is 110 Å². The highest BCUT2D eigenvalue weighted by molar-refractivity contribution is 9.09. The van der Waals surface area contributed by atoms with E-state index < -0.39 is 16.9 Å². The lowest BCUT2D eigenvalue weighted by Gasteiger charge is -2.18. The number of carboxylic acid groups (broad SMARTS) is 1. The number of aromatic hydroxyl groups is 1. The maximum absolute atomic E-state index is 11.9. The summed E-state index contributed by atoms with van der Waals surface area (Å²) >= 11 is 14.9. The van der Waals surface area contributed by atoms with Crippen LogP contribution < -0.4 is 14.2 Å². The monoisotopic (exact) mass is 974 g/mol. The molecule has 0 aliphatic carbocycles.